The van der Waals surface area contributed by atoms with Crippen LogP contribution in [0.15, 0.2) is 60.2 Å². The molecule has 2 amide bonds. The first-order valence-electron chi connectivity index (χ1n) is 9.70. The molecule has 0 radical (unpaired) electrons. The summed E-state index contributed by atoms with van der Waals surface area (Å²) in [4.78, 5) is 26.8. The summed E-state index contributed by atoms with van der Waals surface area (Å²) in [6, 6.07) is 15.7. The number of aromatic nitrogens is 1. The molecule has 5 nitrogen and oxygen atoms in total. The number of carbonyl (C=O) groups excluding carboxylic acids is 2. The van der Waals surface area contributed by atoms with Gasteiger partial charge in [-0.15, -0.1) is 0 Å². The number of nitrogens with one attached hydrogen (secondary N) is 1. The van der Waals surface area contributed by atoms with E-state index in [1.165, 1.54) is 24.3 Å². The highest BCUT2D eigenvalue weighted by Gasteiger charge is 2.35. The van der Waals surface area contributed by atoms with E-state index in [1.54, 1.807) is 6.07 Å². The third-order valence-electron chi connectivity index (χ3n) is 5.32. The van der Waals surface area contributed by atoms with Crippen LogP contribution < -0.4 is 10.2 Å². The first-order valence-corrected chi connectivity index (χ1v) is 10.1. The van der Waals surface area contributed by atoms with Gasteiger partial charge in [-0.1, -0.05) is 30.3 Å². The first-order chi connectivity index (χ1) is 14.8. The minimum absolute atomic E-state index is 0.00576. The highest BCUT2D eigenvalue weighted by atomic mass is 32.1. The molecule has 0 spiro atoms. The van der Waals surface area contributed by atoms with E-state index in [0.717, 1.165) is 33.1 Å². The molecule has 0 aliphatic carbocycles. The van der Waals surface area contributed by atoms with Gasteiger partial charge < -0.3 is 4.57 Å². The number of amides is 2. The van der Waals surface area contributed by atoms with Crippen molar-refractivity contribution in [2.24, 2.45) is 0 Å². The maximum atomic E-state index is 14.3. The van der Waals surface area contributed by atoms with Crippen LogP contribution in [0.3, 0.4) is 0 Å². The van der Waals surface area contributed by atoms with Crippen LogP contribution in [0, 0.1) is 26.6 Å². The normalized spacial score (nSPS) is 15.5. The number of anilines is 1. The van der Waals surface area contributed by atoms with Gasteiger partial charge >= 0.3 is 0 Å². The van der Waals surface area contributed by atoms with Crippen LogP contribution >= 0.6 is 12.2 Å². The third-order valence-corrected chi connectivity index (χ3v) is 5.61. The van der Waals surface area contributed by atoms with Crippen molar-refractivity contribution in [1.82, 2.24) is 9.88 Å². The molecule has 2 heterocycles. The van der Waals surface area contributed by atoms with Gasteiger partial charge in [0.15, 0.2) is 5.11 Å². The second-order valence-corrected chi connectivity index (χ2v) is 7.74. The quantitative estimate of drug-likeness (QED) is 0.379. The zero-order valence-corrected chi connectivity index (χ0v) is 18.1. The summed E-state index contributed by atoms with van der Waals surface area (Å²) in [7, 11) is 0. The molecule has 4 rings (SSSR count). The lowest BCUT2D eigenvalue weighted by atomic mass is 10.1. The average Bonchev–Trinajstić information content (AvgIpc) is 3.00. The Hall–Kier alpha value is -3.58. The Balaban J connectivity index is 1.80. The van der Waals surface area contributed by atoms with Crippen LogP contribution in [0.4, 0.5) is 10.1 Å². The predicted molar refractivity (Wildman–Crippen MR) is 123 cm³/mol. The van der Waals surface area contributed by atoms with Crippen molar-refractivity contribution >= 4 is 40.9 Å². The molecule has 1 aromatic heterocycles. The highest BCUT2D eigenvalue weighted by molar-refractivity contribution is 7.80. The minimum Gasteiger partial charge on any atom is -0.318 e. The molecule has 2 aromatic carbocycles. The lowest BCUT2D eigenvalue weighted by molar-refractivity contribution is -0.122. The zero-order chi connectivity index (χ0) is 22.3. The molecule has 31 heavy (non-hydrogen) atoms. The van der Waals surface area contributed by atoms with Gasteiger partial charge in [-0.3, -0.25) is 14.9 Å². The monoisotopic (exact) mass is 433 g/mol. The number of carbonyl (C=O) groups is 2. The number of hydrogen-bond donors (Lipinski definition) is 1. The Bertz CT molecular complexity index is 1280. The zero-order valence-electron chi connectivity index (χ0n) is 17.3. The smallest absolute Gasteiger partial charge is 0.270 e. The summed E-state index contributed by atoms with van der Waals surface area (Å²) in [6.45, 7) is 5.92. The van der Waals surface area contributed by atoms with E-state index in [-0.39, 0.29) is 16.4 Å². The lowest BCUT2D eigenvalue weighted by Crippen LogP contribution is -2.54. The molecule has 3 aromatic rings. The number of para-hydroxylation sites is 2. The van der Waals surface area contributed by atoms with Gasteiger partial charge in [0.05, 0.1) is 5.69 Å². The maximum absolute atomic E-state index is 14.3. The van der Waals surface area contributed by atoms with E-state index < -0.39 is 17.6 Å². The molecular weight excluding hydrogens is 413 g/mol. The summed E-state index contributed by atoms with van der Waals surface area (Å²) >= 11 is 5.14. The van der Waals surface area contributed by atoms with E-state index >= 15 is 0 Å². The molecular formula is C24H20FN3O2S. The summed E-state index contributed by atoms with van der Waals surface area (Å²) in [6.07, 6.45) is 1.53. The predicted octanol–water partition coefficient (Wildman–Crippen LogP) is 4.37. The molecule has 1 saturated heterocycles. The van der Waals surface area contributed by atoms with Gasteiger partial charge in [0.1, 0.15) is 11.4 Å². The molecule has 1 fully saturated rings. The van der Waals surface area contributed by atoms with Gasteiger partial charge in [-0.2, -0.15) is 0 Å². The maximum Gasteiger partial charge on any atom is 0.270 e. The molecule has 1 aliphatic rings. The second-order valence-electron chi connectivity index (χ2n) is 7.36. The fourth-order valence-corrected chi connectivity index (χ4v) is 4.06. The van der Waals surface area contributed by atoms with Crippen LogP contribution in [-0.4, -0.2) is 21.5 Å². The number of thiocarbonyl (C=S) groups is 1. The van der Waals surface area contributed by atoms with Gasteiger partial charge in [0.25, 0.3) is 11.8 Å². The van der Waals surface area contributed by atoms with E-state index in [4.69, 9.17) is 12.2 Å². The highest BCUT2D eigenvalue weighted by Crippen LogP contribution is 2.28. The number of rotatable bonds is 3. The Kier molecular flexibility index (Phi) is 5.29. The second kappa shape index (κ2) is 7.92. The van der Waals surface area contributed by atoms with Crippen LogP contribution in [0.1, 0.15) is 22.5 Å². The number of aryl methyl sites for hydroxylation is 2. The summed E-state index contributed by atoms with van der Waals surface area (Å²) < 4.78 is 16.4. The number of nitrogens with zero attached hydrogens (tertiary/aromatic N) is 2. The van der Waals surface area contributed by atoms with Crippen molar-refractivity contribution in [2.45, 2.75) is 20.8 Å². The summed E-state index contributed by atoms with van der Waals surface area (Å²) in [5.41, 5.74) is 4.58. The Labute approximate surface area is 184 Å². The van der Waals surface area contributed by atoms with Gasteiger partial charge in [0.2, 0.25) is 0 Å². The number of benzene rings is 2. The fraction of sp³-hybridized carbons (Fsp3) is 0.125. The fourth-order valence-electron chi connectivity index (χ4n) is 3.78. The van der Waals surface area contributed by atoms with Gasteiger partial charge in [0, 0.05) is 17.1 Å². The van der Waals surface area contributed by atoms with Crippen molar-refractivity contribution in [3.8, 4) is 5.69 Å². The molecule has 0 atom stereocenters. The molecule has 0 bridgehead atoms. The lowest BCUT2D eigenvalue weighted by Gasteiger charge is -2.29. The van der Waals surface area contributed by atoms with Crippen LogP contribution in [0.25, 0.3) is 11.8 Å². The first kappa shape index (κ1) is 20.7. The van der Waals surface area contributed by atoms with Crippen molar-refractivity contribution < 1.29 is 14.0 Å². The van der Waals surface area contributed by atoms with Crippen molar-refractivity contribution in [3.05, 3.63) is 88.5 Å². The standard InChI is InChI=1S/C24H20FN3O2S/c1-14-8-4-6-10-20(14)27-15(2)12-17(16(27)3)13-18-22(29)26-24(31)28(23(18)30)21-11-7-5-9-19(21)25/h4-13H,1-3H3,(H,26,29,31)/b18-13+. The summed E-state index contributed by atoms with van der Waals surface area (Å²) in [5.74, 6) is -1.88. The molecule has 1 aliphatic heterocycles. The van der Waals surface area contributed by atoms with Gasteiger partial charge in [-0.05, 0) is 74.5 Å². The van der Waals surface area contributed by atoms with Crippen molar-refractivity contribution in [1.29, 1.82) is 0 Å². The minimum atomic E-state index is -0.667. The van der Waals surface area contributed by atoms with E-state index in [1.807, 2.05) is 51.1 Å². The van der Waals surface area contributed by atoms with Crippen LogP contribution in [0.2, 0.25) is 0 Å². The van der Waals surface area contributed by atoms with Crippen LogP contribution in [0.5, 0.6) is 0 Å². The Morgan fingerprint density at radius 2 is 1.61 bits per heavy atom. The summed E-state index contributed by atoms with van der Waals surface area (Å²) in [5, 5.41) is 2.34. The third kappa shape index (κ3) is 3.57. The average molecular weight is 434 g/mol. The Morgan fingerprint density at radius 1 is 0.968 bits per heavy atom. The molecule has 0 saturated carbocycles. The topological polar surface area (TPSA) is 54.3 Å². The van der Waals surface area contributed by atoms with Crippen molar-refractivity contribution in [3.63, 3.8) is 0 Å². The largest absolute Gasteiger partial charge is 0.318 e. The van der Waals surface area contributed by atoms with Gasteiger partial charge in [-0.25, -0.2) is 9.29 Å². The molecule has 7 heteroatoms. The molecule has 1 N–H and O–H groups in total. The van der Waals surface area contributed by atoms with Crippen LogP contribution in [-0.2, 0) is 9.59 Å². The molecule has 156 valence electrons. The van der Waals surface area contributed by atoms with E-state index in [0.29, 0.717) is 0 Å². The van der Waals surface area contributed by atoms with Crippen molar-refractivity contribution in [2.75, 3.05) is 4.90 Å². The number of halogens is 1. The molecule has 0 unspecified atom stereocenters. The SMILES string of the molecule is Cc1ccccc1-n1c(C)cc(/C=C2\C(=O)NC(=S)N(c3ccccc3F)C2=O)c1C. The Morgan fingerprint density at radius 3 is 2.29 bits per heavy atom. The number of hydrogen-bond acceptors (Lipinski definition) is 3. The van der Waals surface area contributed by atoms with E-state index in [2.05, 4.69) is 9.88 Å². The van der Waals surface area contributed by atoms with E-state index in [9.17, 15) is 14.0 Å².